The molecule has 116 valence electrons. The lowest BCUT2D eigenvalue weighted by atomic mass is 10.1. The van der Waals surface area contributed by atoms with Crippen LogP contribution in [0.5, 0.6) is 0 Å². The Bertz CT molecular complexity index is 694. The Balaban J connectivity index is 2.18. The number of aryl methyl sites for hydroxylation is 1. The predicted molar refractivity (Wildman–Crippen MR) is 87.5 cm³/mol. The molecule has 0 atom stereocenters. The van der Waals surface area contributed by atoms with Crippen molar-refractivity contribution < 1.29 is 9.53 Å². The van der Waals surface area contributed by atoms with Gasteiger partial charge in [0, 0.05) is 37.8 Å². The Hall–Kier alpha value is -2.14. The van der Waals surface area contributed by atoms with Crippen LogP contribution in [0.2, 0.25) is 0 Å². The fourth-order valence-corrected chi connectivity index (χ4v) is 2.88. The number of esters is 1. The molecule has 1 saturated heterocycles. The van der Waals surface area contributed by atoms with Gasteiger partial charge in [0.25, 0.3) is 0 Å². The average molecular weight is 299 g/mol. The van der Waals surface area contributed by atoms with Crippen molar-refractivity contribution in [3.8, 4) is 0 Å². The normalized spacial score (nSPS) is 15.1. The summed E-state index contributed by atoms with van der Waals surface area (Å²) < 4.78 is 5.22. The van der Waals surface area contributed by atoms with E-state index in [0.717, 1.165) is 48.3 Å². The zero-order chi connectivity index (χ0) is 15.5. The quantitative estimate of drug-likeness (QED) is 0.880. The van der Waals surface area contributed by atoms with Crippen molar-refractivity contribution in [1.29, 1.82) is 0 Å². The Morgan fingerprint density at radius 2 is 2.14 bits per heavy atom. The minimum Gasteiger partial charge on any atom is -0.462 e. The van der Waals surface area contributed by atoms with Crippen molar-refractivity contribution in [2.75, 3.05) is 37.7 Å². The van der Waals surface area contributed by atoms with Crippen molar-refractivity contribution in [3.63, 3.8) is 0 Å². The number of carbonyl (C=O) groups excluding carboxylic acids is 1. The average Bonchev–Trinajstić information content (AvgIpc) is 2.54. The first-order chi connectivity index (χ1) is 10.7. The minimum absolute atomic E-state index is 0.299. The predicted octanol–water partition coefficient (Wildman–Crippen LogP) is 2.13. The van der Waals surface area contributed by atoms with E-state index in [1.807, 2.05) is 19.1 Å². The second kappa shape index (κ2) is 6.32. The van der Waals surface area contributed by atoms with E-state index in [-0.39, 0.29) is 5.97 Å². The van der Waals surface area contributed by atoms with Gasteiger partial charge in [0.05, 0.1) is 17.8 Å². The molecule has 1 aromatic heterocycles. The molecule has 2 aromatic rings. The number of ether oxygens (including phenoxy) is 1. The highest BCUT2D eigenvalue weighted by atomic mass is 16.5. The SMILES string of the molecule is CCOC(=O)c1cnc2ccc(C)cc2c1N1CCNCC1. The molecule has 0 radical (unpaired) electrons. The molecule has 5 nitrogen and oxygen atoms in total. The molecule has 0 bridgehead atoms. The number of nitrogens with zero attached hydrogens (tertiary/aromatic N) is 2. The van der Waals surface area contributed by atoms with Crippen LogP contribution in [-0.4, -0.2) is 43.7 Å². The molecule has 0 aliphatic carbocycles. The van der Waals surface area contributed by atoms with Crippen LogP contribution in [0.15, 0.2) is 24.4 Å². The van der Waals surface area contributed by atoms with Gasteiger partial charge in [-0.3, -0.25) is 4.98 Å². The summed E-state index contributed by atoms with van der Waals surface area (Å²) >= 11 is 0. The molecule has 2 heterocycles. The van der Waals surface area contributed by atoms with Gasteiger partial charge in [-0.05, 0) is 26.0 Å². The topological polar surface area (TPSA) is 54.5 Å². The van der Waals surface area contributed by atoms with Crippen LogP contribution in [-0.2, 0) is 4.74 Å². The number of hydrogen-bond donors (Lipinski definition) is 1. The van der Waals surface area contributed by atoms with E-state index < -0.39 is 0 Å². The first kappa shape index (κ1) is 14.8. The largest absolute Gasteiger partial charge is 0.462 e. The summed E-state index contributed by atoms with van der Waals surface area (Å²) in [7, 11) is 0. The summed E-state index contributed by atoms with van der Waals surface area (Å²) in [6, 6.07) is 6.15. The van der Waals surface area contributed by atoms with Crippen LogP contribution in [0.1, 0.15) is 22.8 Å². The monoisotopic (exact) mass is 299 g/mol. The lowest BCUT2D eigenvalue weighted by Gasteiger charge is -2.31. The first-order valence-electron chi connectivity index (χ1n) is 7.73. The number of pyridine rings is 1. The third-order valence-corrected chi connectivity index (χ3v) is 3.92. The zero-order valence-corrected chi connectivity index (χ0v) is 13.1. The molecule has 1 aliphatic heterocycles. The Morgan fingerprint density at radius 1 is 1.36 bits per heavy atom. The van der Waals surface area contributed by atoms with Gasteiger partial charge in [-0.1, -0.05) is 11.6 Å². The van der Waals surface area contributed by atoms with Crippen LogP contribution in [0.3, 0.4) is 0 Å². The Morgan fingerprint density at radius 3 is 2.86 bits per heavy atom. The number of carbonyl (C=O) groups is 1. The van der Waals surface area contributed by atoms with E-state index >= 15 is 0 Å². The lowest BCUT2D eigenvalue weighted by Crippen LogP contribution is -2.44. The fourth-order valence-electron chi connectivity index (χ4n) is 2.88. The number of hydrogen-bond acceptors (Lipinski definition) is 5. The molecule has 3 rings (SSSR count). The zero-order valence-electron chi connectivity index (χ0n) is 13.1. The Kier molecular flexibility index (Phi) is 4.24. The van der Waals surface area contributed by atoms with E-state index in [9.17, 15) is 4.79 Å². The number of aromatic nitrogens is 1. The van der Waals surface area contributed by atoms with E-state index in [2.05, 4.69) is 28.2 Å². The van der Waals surface area contributed by atoms with Crippen LogP contribution in [0, 0.1) is 6.92 Å². The molecule has 1 aromatic carbocycles. The summed E-state index contributed by atoms with van der Waals surface area (Å²) in [6.07, 6.45) is 1.65. The number of benzene rings is 1. The molecule has 1 fully saturated rings. The maximum Gasteiger partial charge on any atom is 0.341 e. The highest BCUT2D eigenvalue weighted by Gasteiger charge is 2.22. The molecule has 0 amide bonds. The number of rotatable bonds is 3. The van der Waals surface area contributed by atoms with E-state index in [1.165, 1.54) is 0 Å². The van der Waals surface area contributed by atoms with Crippen LogP contribution in [0.4, 0.5) is 5.69 Å². The van der Waals surface area contributed by atoms with Gasteiger partial charge in [-0.15, -0.1) is 0 Å². The Labute approximate surface area is 130 Å². The molecule has 22 heavy (non-hydrogen) atoms. The van der Waals surface area contributed by atoms with Crippen molar-refractivity contribution in [3.05, 3.63) is 35.5 Å². The maximum atomic E-state index is 12.3. The standard InChI is InChI=1S/C17H21N3O2/c1-3-22-17(21)14-11-19-15-5-4-12(2)10-13(15)16(14)20-8-6-18-7-9-20/h4-5,10-11,18H,3,6-9H2,1-2H3. The van der Waals surface area contributed by atoms with Gasteiger partial charge < -0.3 is 15.0 Å². The number of nitrogens with one attached hydrogen (secondary N) is 1. The molecular formula is C17H21N3O2. The van der Waals surface area contributed by atoms with Gasteiger partial charge in [0.1, 0.15) is 5.56 Å². The van der Waals surface area contributed by atoms with Gasteiger partial charge in [-0.25, -0.2) is 4.79 Å². The van der Waals surface area contributed by atoms with Crippen LogP contribution >= 0.6 is 0 Å². The highest BCUT2D eigenvalue weighted by molar-refractivity contribution is 6.05. The smallest absolute Gasteiger partial charge is 0.341 e. The molecule has 0 saturated carbocycles. The summed E-state index contributed by atoms with van der Waals surface area (Å²) in [6.45, 7) is 7.82. The second-order valence-electron chi connectivity index (χ2n) is 5.50. The molecular weight excluding hydrogens is 278 g/mol. The molecule has 1 N–H and O–H groups in total. The van der Waals surface area contributed by atoms with E-state index in [1.54, 1.807) is 6.20 Å². The van der Waals surface area contributed by atoms with Crippen LogP contribution in [0.25, 0.3) is 10.9 Å². The number of fused-ring (bicyclic) bond motifs is 1. The number of piperazine rings is 1. The third-order valence-electron chi connectivity index (χ3n) is 3.92. The fraction of sp³-hybridized carbons (Fsp3) is 0.412. The van der Waals surface area contributed by atoms with Gasteiger partial charge in [0.2, 0.25) is 0 Å². The maximum absolute atomic E-state index is 12.3. The molecule has 1 aliphatic rings. The van der Waals surface area contributed by atoms with E-state index in [0.29, 0.717) is 12.2 Å². The summed E-state index contributed by atoms with van der Waals surface area (Å²) in [5.41, 5.74) is 3.58. The second-order valence-corrected chi connectivity index (χ2v) is 5.50. The minimum atomic E-state index is -0.299. The van der Waals surface area contributed by atoms with Gasteiger partial charge in [0.15, 0.2) is 0 Å². The van der Waals surface area contributed by atoms with E-state index in [4.69, 9.17) is 4.74 Å². The van der Waals surface area contributed by atoms with Gasteiger partial charge in [-0.2, -0.15) is 0 Å². The third kappa shape index (κ3) is 2.76. The molecule has 0 spiro atoms. The lowest BCUT2D eigenvalue weighted by molar-refractivity contribution is 0.0526. The first-order valence-corrected chi connectivity index (χ1v) is 7.73. The van der Waals surface area contributed by atoms with Crippen molar-refractivity contribution >= 4 is 22.6 Å². The van der Waals surface area contributed by atoms with Gasteiger partial charge >= 0.3 is 5.97 Å². The summed E-state index contributed by atoms with van der Waals surface area (Å²) in [4.78, 5) is 19.0. The van der Waals surface area contributed by atoms with Crippen molar-refractivity contribution in [2.45, 2.75) is 13.8 Å². The summed E-state index contributed by atoms with van der Waals surface area (Å²) in [5, 5.41) is 4.37. The molecule has 0 unspecified atom stereocenters. The highest BCUT2D eigenvalue weighted by Crippen LogP contribution is 2.31. The molecule has 5 heteroatoms. The van der Waals surface area contributed by atoms with Crippen molar-refractivity contribution in [2.24, 2.45) is 0 Å². The summed E-state index contributed by atoms with van der Waals surface area (Å²) in [5.74, 6) is -0.299. The van der Waals surface area contributed by atoms with Crippen LogP contribution < -0.4 is 10.2 Å². The number of anilines is 1. The van der Waals surface area contributed by atoms with Crippen molar-refractivity contribution in [1.82, 2.24) is 10.3 Å².